The molecular formula is C14H9ClF4. The van der Waals surface area contributed by atoms with Crippen molar-refractivity contribution < 1.29 is 17.6 Å². The summed E-state index contributed by atoms with van der Waals surface area (Å²) in [7, 11) is 0. The van der Waals surface area contributed by atoms with Crippen molar-refractivity contribution in [3.8, 4) is 11.1 Å². The third kappa shape index (κ3) is 2.89. The van der Waals surface area contributed by atoms with Crippen molar-refractivity contribution in [3.05, 3.63) is 59.4 Å². The molecule has 0 aliphatic rings. The molecule has 2 rings (SSSR count). The van der Waals surface area contributed by atoms with Gasteiger partial charge in [0, 0.05) is 11.4 Å². The summed E-state index contributed by atoms with van der Waals surface area (Å²) in [6.07, 6.45) is -4.46. The molecule has 0 heterocycles. The summed E-state index contributed by atoms with van der Waals surface area (Å²) >= 11 is 5.54. The number of hydrogen-bond donors (Lipinski definition) is 0. The average Bonchev–Trinajstić information content (AvgIpc) is 2.37. The van der Waals surface area contributed by atoms with Crippen LogP contribution >= 0.6 is 11.6 Å². The lowest BCUT2D eigenvalue weighted by atomic mass is 9.99. The first-order valence-electron chi connectivity index (χ1n) is 5.44. The number of rotatable bonds is 2. The summed E-state index contributed by atoms with van der Waals surface area (Å²) in [6.45, 7) is 0. The SMILES string of the molecule is Fc1ccccc1-c1ccc(C(F)(F)F)c(CCl)c1. The van der Waals surface area contributed by atoms with Gasteiger partial charge in [0.2, 0.25) is 0 Å². The molecular weight excluding hydrogens is 280 g/mol. The Hall–Kier alpha value is -1.55. The fourth-order valence-electron chi connectivity index (χ4n) is 1.84. The van der Waals surface area contributed by atoms with Crippen molar-refractivity contribution in [1.82, 2.24) is 0 Å². The molecule has 0 atom stereocenters. The zero-order chi connectivity index (χ0) is 14.0. The van der Waals surface area contributed by atoms with E-state index in [0.29, 0.717) is 5.56 Å². The highest BCUT2D eigenvalue weighted by Crippen LogP contribution is 2.35. The van der Waals surface area contributed by atoms with Crippen molar-refractivity contribution in [2.24, 2.45) is 0 Å². The van der Waals surface area contributed by atoms with Gasteiger partial charge in [-0.25, -0.2) is 4.39 Å². The van der Waals surface area contributed by atoms with Crippen LogP contribution in [0.3, 0.4) is 0 Å². The molecule has 0 saturated carbocycles. The van der Waals surface area contributed by atoms with Crippen molar-refractivity contribution in [3.63, 3.8) is 0 Å². The molecule has 100 valence electrons. The molecule has 0 aliphatic carbocycles. The summed E-state index contributed by atoms with van der Waals surface area (Å²) in [5.41, 5.74) is -0.221. The highest BCUT2D eigenvalue weighted by Gasteiger charge is 2.33. The Morgan fingerprint density at radius 2 is 1.68 bits per heavy atom. The zero-order valence-electron chi connectivity index (χ0n) is 9.64. The molecule has 0 saturated heterocycles. The van der Waals surface area contributed by atoms with Crippen molar-refractivity contribution in [2.45, 2.75) is 12.1 Å². The van der Waals surface area contributed by atoms with Crippen LogP contribution in [0.25, 0.3) is 11.1 Å². The van der Waals surface area contributed by atoms with Crippen LogP contribution in [0.5, 0.6) is 0 Å². The summed E-state index contributed by atoms with van der Waals surface area (Å²) in [4.78, 5) is 0. The summed E-state index contributed by atoms with van der Waals surface area (Å²) < 4.78 is 51.7. The summed E-state index contributed by atoms with van der Waals surface area (Å²) in [6, 6.07) is 9.36. The van der Waals surface area contributed by atoms with Gasteiger partial charge in [-0.15, -0.1) is 11.6 Å². The van der Waals surface area contributed by atoms with Gasteiger partial charge in [0.1, 0.15) is 5.82 Å². The maximum absolute atomic E-state index is 13.6. The van der Waals surface area contributed by atoms with Crippen molar-refractivity contribution >= 4 is 11.6 Å². The van der Waals surface area contributed by atoms with Gasteiger partial charge in [-0.3, -0.25) is 0 Å². The molecule has 2 aromatic carbocycles. The van der Waals surface area contributed by atoms with Crippen LogP contribution in [-0.2, 0) is 12.1 Å². The van der Waals surface area contributed by atoms with E-state index >= 15 is 0 Å². The highest BCUT2D eigenvalue weighted by molar-refractivity contribution is 6.17. The molecule has 0 radical (unpaired) electrons. The van der Waals surface area contributed by atoms with E-state index in [2.05, 4.69) is 0 Å². The first kappa shape index (κ1) is 13.9. The smallest absolute Gasteiger partial charge is 0.206 e. The molecule has 0 amide bonds. The maximum atomic E-state index is 13.6. The number of hydrogen-bond acceptors (Lipinski definition) is 0. The summed E-state index contributed by atoms with van der Waals surface area (Å²) in [5, 5.41) is 0. The standard InChI is InChI=1S/C14H9ClF4/c15-8-10-7-9(5-6-12(10)14(17,18)19)11-3-1-2-4-13(11)16/h1-7H,8H2. The van der Waals surface area contributed by atoms with Gasteiger partial charge in [-0.2, -0.15) is 13.2 Å². The number of alkyl halides is 4. The Labute approximate surface area is 112 Å². The van der Waals surface area contributed by atoms with Gasteiger partial charge < -0.3 is 0 Å². The normalized spacial score (nSPS) is 11.6. The molecule has 5 heteroatoms. The Bertz CT molecular complexity index is 590. The van der Waals surface area contributed by atoms with E-state index in [1.807, 2.05) is 0 Å². The molecule has 0 bridgehead atoms. The lowest BCUT2D eigenvalue weighted by Gasteiger charge is -2.13. The predicted molar refractivity (Wildman–Crippen MR) is 66.4 cm³/mol. The second kappa shape index (κ2) is 5.21. The lowest BCUT2D eigenvalue weighted by molar-refractivity contribution is -0.138. The highest BCUT2D eigenvalue weighted by atomic mass is 35.5. The minimum atomic E-state index is -4.46. The molecule has 0 unspecified atom stereocenters. The van der Waals surface area contributed by atoms with Crippen LogP contribution in [0.2, 0.25) is 0 Å². The molecule has 0 aliphatic heterocycles. The third-order valence-corrected chi connectivity index (χ3v) is 3.03. The van der Waals surface area contributed by atoms with E-state index < -0.39 is 17.6 Å². The fourth-order valence-corrected chi connectivity index (χ4v) is 2.06. The second-order valence-corrected chi connectivity index (χ2v) is 4.25. The Balaban J connectivity index is 2.55. The Morgan fingerprint density at radius 3 is 2.26 bits per heavy atom. The van der Waals surface area contributed by atoms with Gasteiger partial charge in [0.15, 0.2) is 0 Å². The number of halogens is 5. The number of benzene rings is 2. The lowest BCUT2D eigenvalue weighted by Crippen LogP contribution is -2.08. The first-order chi connectivity index (χ1) is 8.93. The van der Waals surface area contributed by atoms with Gasteiger partial charge in [-0.05, 0) is 29.3 Å². The van der Waals surface area contributed by atoms with Crippen molar-refractivity contribution in [1.29, 1.82) is 0 Å². The zero-order valence-corrected chi connectivity index (χ0v) is 10.4. The van der Waals surface area contributed by atoms with E-state index in [-0.39, 0.29) is 17.0 Å². The van der Waals surface area contributed by atoms with Crippen LogP contribution in [0.4, 0.5) is 17.6 Å². The van der Waals surface area contributed by atoms with Crippen LogP contribution in [0.1, 0.15) is 11.1 Å². The monoisotopic (exact) mass is 288 g/mol. The van der Waals surface area contributed by atoms with E-state index in [4.69, 9.17) is 11.6 Å². The van der Waals surface area contributed by atoms with E-state index in [1.54, 1.807) is 6.07 Å². The maximum Gasteiger partial charge on any atom is 0.416 e. The van der Waals surface area contributed by atoms with Gasteiger partial charge in [0.25, 0.3) is 0 Å². The molecule has 0 aromatic heterocycles. The molecule has 0 nitrogen and oxygen atoms in total. The quantitative estimate of drug-likeness (QED) is 0.523. The van der Waals surface area contributed by atoms with Gasteiger partial charge >= 0.3 is 6.18 Å². The fraction of sp³-hybridized carbons (Fsp3) is 0.143. The van der Waals surface area contributed by atoms with E-state index in [0.717, 1.165) is 6.07 Å². The molecule has 0 spiro atoms. The minimum Gasteiger partial charge on any atom is -0.206 e. The van der Waals surface area contributed by atoms with Crippen LogP contribution < -0.4 is 0 Å². The second-order valence-electron chi connectivity index (χ2n) is 3.98. The van der Waals surface area contributed by atoms with Gasteiger partial charge in [0.05, 0.1) is 5.56 Å². The topological polar surface area (TPSA) is 0 Å². The summed E-state index contributed by atoms with van der Waals surface area (Å²) in [5.74, 6) is -0.764. The van der Waals surface area contributed by atoms with Crippen LogP contribution in [-0.4, -0.2) is 0 Å². The Morgan fingerprint density at radius 1 is 1.00 bits per heavy atom. The molecule has 2 aromatic rings. The van der Waals surface area contributed by atoms with E-state index in [1.165, 1.54) is 30.3 Å². The Kier molecular flexibility index (Phi) is 3.80. The first-order valence-corrected chi connectivity index (χ1v) is 5.98. The van der Waals surface area contributed by atoms with Crippen LogP contribution in [0.15, 0.2) is 42.5 Å². The predicted octanol–water partition coefficient (Wildman–Crippen LogP) is 5.25. The average molecular weight is 289 g/mol. The van der Waals surface area contributed by atoms with Gasteiger partial charge in [-0.1, -0.05) is 24.3 Å². The van der Waals surface area contributed by atoms with E-state index in [9.17, 15) is 17.6 Å². The van der Waals surface area contributed by atoms with Crippen LogP contribution in [0, 0.1) is 5.82 Å². The minimum absolute atomic E-state index is 0.0603. The molecule has 19 heavy (non-hydrogen) atoms. The molecule has 0 N–H and O–H groups in total. The van der Waals surface area contributed by atoms with Crippen molar-refractivity contribution in [2.75, 3.05) is 0 Å². The third-order valence-electron chi connectivity index (χ3n) is 2.74. The molecule has 0 fully saturated rings. The largest absolute Gasteiger partial charge is 0.416 e.